The quantitative estimate of drug-likeness (QED) is 0.925. The lowest BCUT2D eigenvalue weighted by molar-refractivity contribution is 0.0526. The number of carboxylic acid groups (broad SMARTS) is 1. The summed E-state index contributed by atoms with van der Waals surface area (Å²) < 4.78 is 5.71. The highest BCUT2D eigenvalue weighted by Gasteiger charge is 2.30. The molecule has 21 heavy (non-hydrogen) atoms. The first-order valence-electron chi connectivity index (χ1n) is 7.44. The van der Waals surface area contributed by atoms with Crippen LogP contribution in [0.15, 0.2) is 0 Å². The number of ether oxygens (including phenoxy) is 1. The van der Waals surface area contributed by atoms with Gasteiger partial charge in [-0.25, -0.2) is 9.78 Å². The van der Waals surface area contributed by atoms with Crippen LogP contribution in [0.1, 0.15) is 55.9 Å². The molecule has 0 bridgehead atoms. The lowest BCUT2D eigenvalue weighted by Crippen LogP contribution is -2.39. The van der Waals surface area contributed by atoms with E-state index in [9.17, 15) is 9.90 Å². The van der Waals surface area contributed by atoms with Gasteiger partial charge in [-0.05, 0) is 19.8 Å². The maximum absolute atomic E-state index is 11.5. The number of aromatic nitrogens is 1. The van der Waals surface area contributed by atoms with E-state index in [-0.39, 0.29) is 11.5 Å². The molecular weight excluding hydrogens is 288 g/mol. The SMILES string of the molecule is CCOC1CCCN(c2nc(C(C)(C)C)c(C(=O)O)s2)C1. The van der Waals surface area contributed by atoms with Crippen molar-refractivity contribution in [1.82, 2.24) is 4.98 Å². The molecule has 6 heteroatoms. The molecule has 1 saturated heterocycles. The van der Waals surface area contributed by atoms with Gasteiger partial charge in [0, 0.05) is 25.1 Å². The van der Waals surface area contributed by atoms with Gasteiger partial charge in [-0.2, -0.15) is 0 Å². The third-order valence-electron chi connectivity index (χ3n) is 3.57. The molecule has 0 saturated carbocycles. The zero-order valence-corrected chi connectivity index (χ0v) is 14.0. The molecule has 0 radical (unpaired) electrons. The van der Waals surface area contributed by atoms with Crippen molar-refractivity contribution in [2.45, 2.75) is 52.1 Å². The van der Waals surface area contributed by atoms with Crippen molar-refractivity contribution in [2.75, 3.05) is 24.6 Å². The van der Waals surface area contributed by atoms with E-state index < -0.39 is 5.97 Å². The molecule has 0 amide bonds. The number of thiazole rings is 1. The average molecular weight is 312 g/mol. The van der Waals surface area contributed by atoms with Gasteiger partial charge in [-0.1, -0.05) is 32.1 Å². The summed E-state index contributed by atoms with van der Waals surface area (Å²) in [5, 5.41) is 10.2. The fourth-order valence-electron chi connectivity index (χ4n) is 2.58. The van der Waals surface area contributed by atoms with Crippen molar-refractivity contribution in [3.8, 4) is 0 Å². The van der Waals surface area contributed by atoms with Gasteiger partial charge in [-0.15, -0.1) is 0 Å². The van der Waals surface area contributed by atoms with Crippen LogP contribution < -0.4 is 4.90 Å². The third-order valence-corrected chi connectivity index (χ3v) is 4.68. The summed E-state index contributed by atoms with van der Waals surface area (Å²) in [7, 11) is 0. The summed E-state index contributed by atoms with van der Waals surface area (Å²) in [5.41, 5.74) is 0.408. The van der Waals surface area contributed by atoms with E-state index in [1.807, 2.05) is 27.7 Å². The fourth-order valence-corrected chi connectivity index (χ4v) is 3.73. The Labute approximate surface area is 129 Å². The summed E-state index contributed by atoms with van der Waals surface area (Å²) in [4.78, 5) is 18.6. The second-order valence-electron chi connectivity index (χ2n) is 6.39. The highest BCUT2D eigenvalue weighted by atomic mass is 32.1. The molecule has 2 rings (SSSR count). The number of anilines is 1. The zero-order chi connectivity index (χ0) is 15.6. The van der Waals surface area contributed by atoms with Crippen LogP contribution in [0.4, 0.5) is 5.13 Å². The van der Waals surface area contributed by atoms with Gasteiger partial charge in [0.2, 0.25) is 0 Å². The Hall–Kier alpha value is -1.14. The second-order valence-corrected chi connectivity index (χ2v) is 7.37. The number of aromatic carboxylic acids is 1. The van der Waals surface area contributed by atoms with E-state index in [0.29, 0.717) is 17.2 Å². The van der Waals surface area contributed by atoms with Gasteiger partial charge in [0.05, 0.1) is 11.8 Å². The van der Waals surface area contributed by atoms with Crippen LogP contribution in [-0.4, -0.2) is 41.9 Å². The van der Waals surface area contributed by atoms with Crippen LogP contribution >= 0.6 is 11.3 Å². The van der Waals surface area contributed by atoms with Gasteiger partial charge >= 0.3 is 5.97 Å². The van der Waals surface area contributed by atoms with Crippen molar-refractivity contribution >= 4 is 22.4 Å². The first-order valence-corrected chi connectivity index (χ1v) is 8.25. The van der Waals surface area contributed by atoms with Crippen molar-refractivity contribution in [3.63, 3.8) is 0 Å². The lowest BCUT2D eigenvalue weighted by atomic mass is 9.91. The van der Waals surface area contributed by atoms with Crippen LogP contribution in [0, 0.1) is 0 Å². The molecule has 5 nitrogen and oxygen atoms in total. The fraction of sp³-hybridized carbons (Fsp3) is 0.733. The molecule has 1 N–H and O–H groups in total. The Morgan fingerprint density at radius 3 is 2.76 bits per heavy atom. The standard InChI is InChI=1S/C15H24N2O3S/c1-5-20-10-7-6-8-17(9-10)14-16-12(15(2,3)4)11(21-14)13(18)19/h10H,5-9H2,1-4H3,(H,18,19). The predicted molar refractivity (Wildman–Crippen MR) is 84.6 cm³/mol. The molecule has 1 aromatic heterocycles. The summed E-state index contributed by atoms with van der Waals surface area (Å²) in [6.45, 7) is 10.4. The van der Waals surface area contributed by atoms with Crippen LogP contribution in [0.25, 0.3) is 0 Å². The first kappa shape index (κ1) is 16.2. The number of hydrogen-bond donors (Lipinski definition) is 1. The molecule has 1 unspecified atom stereocenters. The van der Waals surface area contributed by atoms with E-state index >= 15 is 0 Å². The molecule has 2 heterocycles. The third kappa shape index (κ3) is 3.74. The van der Waals surface area contributed by atoms with E-state index in [0.717, 1.165) is 31.1 Å². The van der Waals surface area contributed by atoms with Gasteiger partial charge in [0.25, 0.3) is 0 Å². The number of rotatable bonds is 4. The van der Waals surface area contributed by atoms with Crippen LogP contribution in [0.3, 0.4) is 0 Å². The largest absolute Gasteiger partial charge is 0.477 e. The second kappa shape index (κ2) is 6.32. The van der Waals surface area contributed by atoms with Gasteiger partial charge < -0.3 is 14.7 Å². The smallest absolute Gasteiger partial charge is 0.347 e. The number of piperidine rings is 1. The molecule has 1 aromatic rings. The van der Waals surface area contributed by atoms with Crippen molar-refractivity contribution in [2.24, 2.45) is 0 Å². The Morgan fingerprint density at radius 1 is 1.52 bits per heavy atom. The van der Waals surface area contributed by atoms with Crippen molar-refractivity contribution in [3.05, 3.63) is 10.6 Å². The van der Waals surface area contributed by atoms with Gasteiger partial charge in [0.1, 0.15) is 4.88 Å². The molecule has 0 aliphatic carbocycles. The average Bonchev–Trinajstić information content (AvgIpc) is 2.84. The minimum Gasteiger partial charge on any atom is -0.477 e. The van der Waals surface area contributed by atoms with E-state index in [1.165, 1.54) is 11.3 Å². The summed E-state index contributed by atoms with van der Waals surface area (Å²) in [5.74, 6) is -0.887. The number of carbonyl (C=O) groups is 1. The van der Waals surface area contributed by atoms with Crippen LogP contribution in [0.2, 0.25) is 0 Å². The first-order chi connectivity index (χ1) is 9.82. The van der Waals surface area contributed by atoms with E-state index in [4.69, 9.17) is 4.74 Å². The molecule has 1 atom stereocenters. The minimum atomic E-state index is -0.887. The predicted octanol–water partition coefficient (Wildman–Crippen LogP) is 3.14. The summed E-state index contributed by atoms with van der Waals surface area (Å²) in [6.07, 6.45) is 2.34. The van der Waals surface area contributed by atoms with E-state index in [2.05, 4.69) is 9.88 Å². The number of nitrogens with zero attached hydrogens (tertiary/aromatic N) is 2. The van der Waals surface area contributed by atoms with Crippen LogP contribution in [-0.2, 0) is 10.2 Å². The molecule has 1 fully saturated rings. The van der Waals surface area contributed by atoms with E-state index in [1.54, 1.807) is 0 Å². The number of carboxylic acids is 1. The maximum atomic E-state index is 11.5. The zero-order valence-electron chi connectivity index (χ0n) is 13.2. The van der Waals surface area contributed by atoms with Gasteiger partial charge in [-0.3, -0.25) is 0 Å². The molecule has 1 aliphatic rings. The van der Waals surface area contributed by atoms with Crippen LogP contribution in [0.5, 0.6) is 0 Å². The minimum absolute atomic E-state index is 0.221. The number of hydrogen-bond acceptors (Lipinski definition) is 5. The lowest BCUT2D eigenvalue weighted by Gasteiger charge is -2.32. The topological polar surface area (TPSA) is 62.7 Å². The van der Waals surface area contributed by atoms with Gasteiger partial charge in [0.15, 0.2) is 5.13 Å². The molecule has 118 valence electrons. The summed E-state index contributed by atoms with van der Waals surface area (Å²) >= 11 is 1.28. The highest BCUT2D eigenvalue weighted by molar-refractivity contribution is 7.17. The molecule has 1 aliphatic heterocycles. The Morgan fingerprint density at radius 2 is 2.24 bits per heavy atom. The Kier molecular flexibility index (Phi) is 4.88. The normalized spacial score (nSPS) is 19.8. The monoisotopic (exact) mass is 312 g/mol. The molecule has 0 aromatic carbocycles. The highest BCUT2D eigenvalue weighted by Crippen LogP contribution is 2.35. The Balaban J connectivity index is 2.26. The maximum Gasteiger partial charge on any atom is 0.347 e. The summed E-state index contributed by atoms with van der Waals surface area (Å²) in [6, 6.07) is 0. The Bertz CT molecular complexity index is 506. The molecule has 0 spiro atoms. The van der Waals surface area contributed by atoms with Crippen molar-refractivity contribution < 1.29 is 14.6 Å². The molecular formula is C15H24N2O3S. The van der Waals surface area contributed by atoms with Crippen molar-refractivity contribution in [1.29, 1.82) is 0 Å².